The smallest absolute Gasteiger partial charge is 0.466 e. The molecule has 39 heavy (non-hydrogen) atoms. The highest BCUT2D eigenvalue weighted by atomic mass is 32.2. The van der Waals surface area contributed by atoms with Gasteiger partial charge >= 0.3 is 21.6 Å². The number of esters is 1. The molecule has 2 unspecified atom stereocenters. The van der Waals surface area contributed by atoms with Crippen LogP contribution in [0, 0.1) is 0 Å². The molecular weight excluding hydrogens is 531 g/mol. The average Bonchev–Trinajstić information content (AvgIpc) is 2.90. The number of carbonyl (C=O) groups is 1. The number of carbonyl (C=O) groups excluding carboxylic acids is 1. The SMILES string of the molecule is CCc1ccc(N2C(C)Cc3cc(OS(=O)(=O)C(F)(F)F)ccc3C2c2ccc(/C=C/C(=O)OC)cc2)cc1. The standard InChI is InChI=1S/C29H28F3NO5S/c1-4-20-7-12-24(13-8-20)33-19(2)17-23-18-25(38-39(35,36)29(30,31)32)14-15-26(23)28(33)22-10-5-21(6-11-22)9-16-27(34)37-3/h5-16,18-19,28H,4,17H2,1-3H3/b16-9+. The van der Waals surface area contributed by atoms with Gasteiger partial charge in [-0.25, -0.2) is 4.79 Å². The molecule has 3 aromatic carbocycles. The van der Waals surface area contributed by atoms with Crippen LogP contribution >= 0.6 is 0 Å². The lowest BCUT2D eigenvalue weighted by atomic mass is 9.84. The molecule has 10 heteroatoms. The Morgan fingerprint density at radius 1 is 1.05 bits per heavy atom. The minimum absolute atomic E-state index is 0.0802. The van der Waals surface area contributed by atoms with Gasteiger partial charge in [-0.2, -0.15) is 21.6 Å². The lowest BCUT2D eigenvalue weighted by Gasteiger charge is -2.44. The van der Waals surface area contributed by atoms with Crippen molar-refractivity contribution in [3.05, 3.63) is 101 Å². The number of halogens is 3. The van der Waals surface area contributed by atoms with Crippen molar-refractivity contribution in [2.24, 2.45) is 0 Å². The van der Waals surface area contributed by atoms with Crippen molar-refractivity contribution >= 4 is 27.9 Å². The van der Waals surface area contributed by atoms with Crippen molar-refractivity contribution in [3.8, 4) is 5.75 Å². The molecule has 6 nitrogen and oxygen atoms in total. The second-order valence-corrected chi connectivity index (χ2v) is 10.8. The van der Waals surface area contributed by atoms with Gasteiger partial charge in [0.1, 0.15) is 5.75 Å². The topological polar surface area (TPSA) is 72.9 Å². The molecule has 1 aliphatic rings. The predicted octanol–water partition coefficient (Wildman–Crippen LogP) is 6.20. The minimum Gasteiger partial charge on any atom is -0.466 e. The van der Waals surface area contributed by atoms with Crippen molar-refractivity contribution in [3.63, 3.8) is 0 Å². The maximum atomic E-state index is 12.9. The lowest BCUT2D eigenvalue weighted by Crippen LogP contribution is -2.43. The van der Waals surface area contributed by atoms with Crippen LogP contribution in [0.1, 0.15) is 47.7 Å². The summed E-state index contributed by atoms with van der Waals surface area (Å²) < 4.78 is 70.9. The Morgan fingerprint density at radius 2 is 1.72 bits per heavy atom. The Labute approximate surface area is 225 Å². The maximum Gasteiger partial charge on any atom is 0.534 e. The summed E-state index contributed by atoms with van der Waals surface area (Å²) in [6.45, 7) is 4.09. The number of ether oxygens (including phenoxy) is 1. The van der Waals surface area contributed by atoms with Crippen LogP contribution in [0.15, 0.2) is 72.8 Å². The van der Waals surface area contributed by atoms with Gasteiger partial charge in [0.25, 0.3) is 0 Å². The van der Waals surface area contributed by atoms with Gasteiger partial charge in [-0.15, -0.1) is 0 Å². The van der Waals surface area contributed by atoms with Crippen LogP contribution in [0.3, 0.4) is 0 Å². The number of anilines is 1. The van der Waals surface area contributed by atoms with E-state index in [-0.39, 0.29) is 17.8 Å². The first-order valence-electron chi connectivity index (χ1n) is 12.3. The van der Waals surface area contributed by atoms with Gasteiger partial charge in [-0.3, -0.25) is 0 Å². The molecule has 206 valence electrons. The lowest BCUT2D eigenvalue weighted by molar-refractivity contribution is -0.134. The second kappa shape index (κ2) is 11.1. The molecular formula is C29H28F3NO5S. The van der Waals surface area contributed by atoms with Crippen LogP contribution in [-0.4, -0.2) is 33.0 Å². The van der Waals surface area contributed by atoms with Crippen molar-refractivity contribution in [2.45, 2.75) is 44.3 Å². The summed E-state index contributed by atoms with van der Waals surface area (Å²) in [5.74, 6) is -0.859. The van der Waals surface area contributed by atoms with E-state index < -0.39 is 21.6 Å². The van der Waals surface area contributed by atoms with Gasteiger partial charge < -0.3 is 13.8 Å². The van der Waals surface area contributed by atoms with Gasteiger partial charge in [-0.05, 0) is 77.9 Å². The van der Waals surface area contributed by atoms with E-state index in [0.29, 0.717) is 12.0 Å². The fraction of sp³-hybridized carbons (Fsp3) is 0.276. The predicted molar refractivity (Wildman–Crippen MR) is 143 cm³/mol. The highest BCUT2D eigenvalue weighted by Gasteiger charge is 2.48. The number of aryl methyl sites for hydroxylation is 1. The van der Waals surface area contributed by atoms with Gasteiger partial charge in [-0.1, -0.05) is 49.4 Å². The van der Waals surface area contributed by atoms with Crippen LogP contribution in [0.5, 0.6) is 5.75 Å². The Bertz CT molecular complexity index is 1470. The third-order valence-corrected chi connectivity index (χ3v) is 7.65. The third-order valence-electron chi connectivity index (χ3n) is 6.67. The molecule has 1 aliphatic heterocycles. The molecule has 0 amide bonds. The molecule has 0 saturated carbocycles. The maximum absolute atomic E-state index is 12.9. The summed E-state index contributed by atoms with van der Waals surface area (Å²) >= 11 is 0. The largest absolute Gasteiger partial charge is 0.534 e. The first kappa shape index (κ1) is 28.2. The monoisotopic (exact) mass is 559 g/mol. The Hall–Kier alpha value is -3.79. The van der Waals surface area contributed by atoms with E-state index in [1.807, 2.05) is 43.3 Å². The van der Waals surface area contributed by atoms with Gasteiger partial charge in [0.15, 0.2) is 0 Å². The minimum atomic E-state index is -5.79. The van der Waals surface area contributed by atoms with Crippen molar-refractivity contribution < 1.29 is 35.3 Å². The third kappa shape index (κ3) is 6.11. The molecule has 3 aromatic rings. The van der Waals surface area contributed by atoms with Crippen LogP contribution in [-0.2, 0) is 32.5 Å². The number of hydrogen-bond acceptors (Lipinski definition) is 6. The van der Waals surface area contributed by atoms with E-state index in [2.05, 4.69) is 32.9 Å². The molecule has 0 aliphatic carbocycles. The fourth-order valence-electron chi connectivity index (χ4n) is 4.74. The summed E-state index contributed by atoms with van der Waals surface area (Å²) in [4.78, 5) is 13.7. The fourth-order valence-corrected chi connectivity index (χ4v) is 5.19. The number of nitrogens with zero attached hydrogens (tertiary/aromatic N) is 1. The number of methoxy groups -OCH3 is 1. The molecule has 0 aromatic heterocycles. The highest BCUT2D eigenvalue weighted by molar-refractivity contribution is 7.88. The number of hydrogen-bond donors (Lipinski definition) is 0. The normalized spacial score (nSPS) is 17.6. The summed E-state index contributed by atoms with van der Waals surface area (Å²) in [6.07, 6.45) is 4.32. The molecule has 1 heterocycles. The van der Waals surface area contributed by atoms with E-state index in [1.54, 1.807) is 12.1 Å². The molecule has 0 bridgehead atoms. The van der Waals surface area contributed by atoms with E-state index in [4.69, 9.17) is 0 Å². The summed E-state index contributed by atoms with van der Waals surface area (Å²) in [5, 5.41) is 0. The average molecular weight is 560 g/mol. The summed E-state index contributed by atoms with van der Waals surface area (Å²) in [5.41, 5.74) is -0.146. The zero-order valence-corrected chi connectivity index (χ0v) is 22.4. The van der Waals surface area contributed by atoms with Gasteiger partial charge in [0.05, 0.1) is 13.2 Å². The van der Waals surface area contributed by atoms with E-state index in [1.165, 1.54) is 30.9 Å². The zero-order valence-electron chi connectivity index (χ0n) is 21.6. The summed E-state index contributed by atoms with van der Waals surface area (Å²) in [6, 6.07) is 19.6. The number of rotatable bonds is 7. The van der Waals surface area contributed by atoms with Crippen LogP contribution in [0.2, 0.25) is 0 Å². The number of alkyl halides is 3. The molecule has 0 spiro atoms. The Balaban J connectivity index is 1.78. The molecule has 2 atom stereocenters. The number of benzene rings is 3. The van der Waals surface area contributed by atoms with Crippen molar-refractivity contribution in [1.82, 2.24) is 0 Å². The van der Waals surface area contributed by atoms with Crippen molar-refractivity contribution in [1.29, 1.82) is 0 Å². The molecule has 4 rings (SSSR count). The zero-order chi connectivity index (χ0) is 28.4. The Kier molecular flexibility index (Phi) is 8.06. The molecule has 0 saturated heterocycles. The molecule has 0 fully saturated rings. The summed E-state index contributed by atoms with van der Waals surface area (Å²) in [7, 11) is -4.49. The van der Waals surface area contributed by atoms with Crippen molar-refractivity contribution in [2.75, 3.05) is 12.0 Å². The second-order valence-electron chi connectivity index (χ2n) is 9.25. The highest BCUT2D eigenvalue weighted by Crippen LogP contribution is 2.42. The molecule has 0 radical (unpaired) electrons. The quantitative estimate of drug-likeness (QED) is 0.149. The van der Waals surface area contributed by atoms with E-state index in [0.717, 1.165) is 28.8 Å². The first-order chi connectivity index (χ1) is 18.4. The van der Waals surface area contributed by atoms with Gasteiger partial charge in [0.2, 0.25) is 0 Å². The Morgan fingerprint density at radius 3 is 2.31 bits per heavy atom. The van der Waals surface area contributed by atoms with Crippen LogP contribution in [0.4, 0.5) is 18.9 Å². The van der Waals surface area contributed by atoms with E-state index >= 15 is 0 Å². The number of fused-ring (bicyclic) bond motifs is 1. The molecule has 0 N–H and O–H groups in total. The first-order valence-corrected chi connectivity index (χ1v) is 13.7. The van der Waals surface area contributed by atoms with Crippen LogP contribution in [0.25, 0.3) is 6.08 Å². The van der Waals surface area contributed by atoms with Crippen LogP contribution < -0.4 is 9.08 Å². The van der Waals surface area contributed by atoms with E-state index in [9.17, 15) is 26.4 Å². The van der Waals surface area contributed by atoms with Gasteiger partial charge in [0, 0.05) is 17.8 Å².